The quantitative estimate of drug-likeness (QED) is 0.865. The molecule has 0 saturated heterocycles. The Hall–Kier alpha value is -2.44. The van der Waals surface area contributed by atoms with Gasteiger partial charge in [0.05, 0.1) is 14.2 Å². The van der Waals surface area contributed by atoms with Gasteiger partial charge in [-0.1, -0.05) is 6.07 Å². The molecule has 0 fully saturated rings. The van der Waals surface area contributed by atoms with E-state index in [0.717, 1.165) is 4.90 Å². The number of hydrogen-bond donors (Lipinski definition) is 1. The van der Waals surface area contributed by atoms with Crippen molar-refractivity contribution in [3.8, 4) is 11.5 Å². The van der Waals surface area contributed by atoms with E-state index in [0.29, 0.717) is 17.1 Å². The summed E-state index contributed by atoms with van der Waals surface area (Å²) >= 11 is 0. The zero-order valence-corrected chi connectivity index (χ0v) is 14.1. The molecule has 0 bridgehead atoms. The number of amides is 1. The normalized spacial score (nSPS) is 10.8. The zero-order valence-electron chi connectivity index (χ0n) is 14.1. The van der Waals surface area contributed by atoms with Crippen molar-refractivity contribution in [1.82, 2.24) is 4.90 Å². The Bertz CT molecular complexity index is 564. The lowest BCUT2D eigenvalue weighted by molar-refractivity contribution is -0.138. The molecule has 1 aromatic carbocycles. The van der Waals surface area contributed by atoms with E-state index in [-0.39, 0.29) is 6.54 Å². The summed E-state index contributed by atoms with van der Waals surface area (Å²) in [7, 11) is 3.03. The topological polar surface area (TPSA) is 85.3 Å². The van der Waals surface area contributed by atoms with Gasteiger partial charge in [-0.05, 0) is 38.5 Å². The maximum atomic E-state index is 12.2. The smallest absolute Gasteiger partial charge is 0.411 e. The molecule has 1 amide bonds. The average molecular weight is 325 g/mol. The minimum absolute atomic E-state index is 0.0849. The van der Waals surface area contributed by atoms with Crippen LogP contribution in [0.3, 0.4) is 0 Å². The van der Waals surface area contributed by atoms with Crippen LogP contribution in [-0.4, -0.2) is 48.4 Å². The standard InChI is InChI=1S/C16H23NO6/c1-16(2,3)23-15(20)17(10-14(18)19)9-11-6-7-12(21-4)13(8-11)22-5/h6-8H,9-10H2,1-5H3,(H,18,19). The third-order valence-corrected chi connectivity index (χ3v) is 2.80. The predicted octanol–water partition coefficient (Wildman–Crippen LogP) is 2.53. The number of rotatable bonds is 6. The summed E-state index contributed by atoms with van der Waals surface area (Å²) in [6, 6.07) is 5.13. The molecule has 0 spiro atoms. The number of carbonyl (C=O) groups excluding carboxylic acids is 1. The van der Waals surface area contributed by atoms with Gasteiger partial charge in [-0.2, -0.15) is 0 Å². The summed E-state index contributed by atoms with van der Waals surface area (Å²) in [5.74, 6) is -0.0564. The van der Waals surface area contributed by atoms with E-state index in [2.05, 4.69) is 0 Å². The summed E-state index contributed by atoms with van der Waals surface area (Å²) < 4.78 is 15.6. The second kappa shape index (κ2) is 7.71. The Kier molecular flexibility index (Phi) is 6.24. The molecule has 0 atom stereocenters. The number of ether oxygens (including phenoxy) is 3. The molecule has 0 saturated carbocycles. The molecule has 0 heterocycles. The molecule has 7 heteroatoms. The van der Waals surface area contributed by atoms with E-state index < -0.39 is 24.2 Å². The maximum absolute atomic E-state index is 12.2. The van der Waals surface area contributed by atoms with E-state index in [1.807, 2.05) is 0 Å². The van der Waals surface area contributed by atoms with E-state index >= 15 is 0 Å². The van der Waals surface area contributed by atoms with Gasteiger partial charge in [-0.3, -0.25) is 9.69 Å². The van der Waals surface area contributed by atoms with Gasteiger partial charge in [0.25, 0.3) is 0 Å². The van der Waals surface area contributed by atoms with Crippen molar-refractivity contribution in [3.05, 3.63) is 23.8 Å². The fraction of sp³-hybridized carbons (Fsp3) is 0.500. The maximum Gasteiger partial charge on any atom is 0.411 e. The summed E-state index contributed by atoms with van der Waals surface area (Å²) in [4.78, 5) is 24.3. The number of hydrogen-bond acceptors (Lipinski definition) is 5. The minimum Gasteiger partial charge on any atom is -0.493 e. The van der Waals surface area contributed by atoms with Crippen LogP contribution in [0.2, 0.25) is 0 Å². The van der Waals surface area contributed by atoms with E-state index in [4.69, 9.17) is 19.3 Å². The van der Waals surface area contributed by atoms with Gasteiger partial charge in [-0.15, -0.1) is 0 Å². The molecular weight excluding hydrogens is 302 g/mol. The first kappa shape index (κ1) is 18.6. The van der Waals surface area contributed by atoms with Crippen LogP contribution in [0, 0.1) is 0 Å². The number of carbonyl (C=O) groups is 2. The van der Waals surface area contributed by atoms with Crippen molar-refractivity contribution in [3.63, 3.8) is 0 Å². The van der Waals surface area contributed by atoms with Gasteiger partial charge >= 0.3 is 12.1 Å². The lowest BCUT2D eigenvalue weighted by Crippen LogP contribution is -2.39. The van der Waals surface area contributed by atoms with Crippen LogP contribution in [0.4, 0.5) is 4.79 Å². The van der Waals surface area contributed by atoms with Crippen molar-refractivity contribution in [2.45, 2.75) is 32.9 Å². The highest BCUT2D eigenvalue weighted by Gasteiger charge is 2.24. The Morgan fingerprint density at radius 3 is 2.22 bits per heavy atom. The molecule has 0 aromatic heterocycles. The third kappa shape index (κ3) is 6.06. The molecule has 0 unspecified atom stereocenters. The van der Waals surface area contributed by atoms with E-state index in [1.165, 1.54) is 14.2 Å². The number of nitrogens with zero attached hydrogens (tertiary/aromatic N) is 1. The van der Waals surface area contributed by atoms with Gasteiger partial charge in [-0.25, -0.2) is 4.79 Å². The molecule has 1 rings (SSSR count). The number of methoxy groups -OCH3 is 2. The predicted molar refractivity (Wildman–Crippen MR) is 83.8 cm³/mol. The van der Waals surface area contributed by atoms with Crippen LogP contribution >= 0.6 is 0 Å². The van der Waals surface area contributed by atoms with E-state index in [1.54, 1.807) is 39.0 Å². The lowest BCUT2D eigenvalue weighted by atomic mass is 10.2. The van der Waals surface area contributed by atoms with Crippen molar-refractivity contribution >= 4 is 12.1 Å². The van der Waals surface area contributed by atoms with Gasteiger partial charge in [0, 0.05) is 6.54 Å². The largest absolute Gasteiger partial charge is 0.493 e. The van der Waals surface area contributed by atoms with E-state index in [9.17, 15) is 9.59 Å². The Morgan fingerprint density at radius 2 is 1.74 bits per heavy atom. The van der Waals surface area contributed by atoms with Gasteiger partial charge in [0.2, 0.25) is 0 Å². The van der Waals surface area contributed by atoms with Gasteiger partial charge in [0.1, 0.15) is 12.1 Å². The molecule has 0 aliphatic rings. The first-order valence-electron chi connectivity index (χ1n) is 7.07. The molecule has 128 valence electrons. The monoisotopic (exact) mass is 325 g/mol. The van der Waals surface area contributed by atoms with Crippen LogP contribution in [-0.2, 0) is 16.1 Å². The molecule has 1 N–H and O–H groups in total. The fourth-order valence-electron chi connectivity index (χ4n) is 1.87. The van der Waals surface area contributed by atoms with Crippen LogP contribution in [0.5, 0.6) is 11.5 Å². The second-order valence-corrected chi connectivity index (χ2v) is 5.92. The first-order valence-corrected chi connectivity index (χ1v) is 7.07. The highest BCUT2D eigenvalue weighted by Crippen LogP contribution is 2.28. The summed E-state index contributed by atoms with van der Waals surface area (Å²) in [6.45, 7) is 4.80. The number of carboxylic acids is 1. The van der Waals surface area contributed by atoms with Gasteiger partial charge < -0.3 is 19.3 Å². The lowest BCUT2D eigenvalue weighted by Gasteiger charge is -2.26. The van der Waals surface area contributed by atoms with Crippen LogP contribution in [0.25, 0.3) is 0 Å². The Labute approximate surface area is 135 Å². The van der Waals surface area contributed by atoms with Crippen LogP contribution in [0.15, 0.2) is 18.2 Å². The number of benzene rings is 1. The van der Waals surface area contributed by atoms with Crippen molar-refractivity contribution < 1.29 is 28.9 Å². The molecule has 23 heavy (non-hydrogen) atoms. The van der Waals surface area contributed by atoms with Gasteiger partial charge in [0.15, 0.2) is 11.5 Å². The Balaban J connectivity index is 2.97. The first-order chi connectivity index (χ1) is 10.7. The highest BCUT2D eigenvalue weighted by atomic mass is 16.6. The molecule has 7 nitrogen and oxygen atoms in total. The molecule has 0 radical (unpaired) electrons. The summed E-state index contributed by atoms with van der Waals surface area (Å²) in [6.07, 6.45) is -0.685. The van der Waals surface area contributed by atoms with Crippen LogP contribution in [0.1, 0.15) is 26.3 Å². The summed E-state index contributed by atoms with van der Waals surface area (Å²) in [5, 5.41) is 9.00. The number of aliphatic carboxylic acids is 1. The minimum atomic E-state index is -1.11. The molecule has 1 aromatic rings. The third-order valence-electron chi connectivity index (χ3n) is 2.80. The van der Waals surface area contributed by atoms with Crippen molar-refractivity contribution in [1.29, 1.82) is 0 Å². The number of carboxylic acid groups (broad SMARTS) is 1. The fourth-order valence-corrected chi connectivity index (χ4v) is 1.87. The Morgan fingerprint density at radius 1 is 1.13 bits per heavy atom. The SMILES string of the molecule is COc1ccc(CN(CC(=O)O)C(=O)OC(C)(C)C)cc1OC. The molecular formula is C16H23NO6. The highest BCUT2D eigenvalue weighted by molar-refractivity contribution is 5.77. The summed E-state index contributed by atoms with van der Waals surface area (Å²) in [5.41, 5.74) is 0.000539. The zero-order chi connectivity index (χ0) is 17.6. The average Bonchev–Trinajstić information content (AvgIpc) is 2.44. The molecule has 0 aliphatic carbocycles. The second-order valence-electron chi connectivity index (χ2n) is 5.92. The molecule has 0 aliphatic heterocycles. The van der Waals surface area contributed by atoms with Crippen LogP contribution < -0.4 is 9.47 Å². The van der Waals surface area contributed by atoms with Crippen molar-refractivity contribution in [2.75, 3.05) is 20.8 Å². The van der Waals surface area contributed by atoms with Crippen molar-refractivity contribution in [2.24, 2.45) is 0 Å².